The standard InChI is InChI=1S/C7H6Br4O/c8-3-1-5(10)7(12)6(11)2-4-9/h1-6H. The van der Waals surface area contributed by atoms with Gasteiger partial charge in [-0.25, -0.2) is 0 Å². The highest BCUT2D eigenvalue weighted by atomic mass is 79.9. The summed E-state index contributed by atoms with van der Waals surface area (Å²) < 4.78 is 0. The molecule has 0 fully saturated rings. The van der Waals surface area contributed by atoms with Crippen LogP contribution in [0.1, 0.15) is 0 Å². The minimum absolute atomic E-state index is 0.0569. The van der Waals surface area contributed by atoms with Gasteiger partial charge in [0.1, 0.15) is 0 Å². The van der Waals surface area contributed by atoms with Gasteiger partial charge in [0.15, 0.2) is 5.78 Å². The molecule has 1 nitrogen and oxygen atoms in total. The number of halogens is 4. The summed E-state index contributed by atoms with van der Waals surface area (Å²) in [5, 5.41) is 0. The van der Waals surface area contributed by atoms with Gasteiger partial charge in [0.05, 0.1) is 9.65 Å². The molecule has 0 aliphatic heterocycles. The van der Waals surface area contributed by atoms with Crippen LogP contribution in [0, 0.1) is 0 Å². The Morgan fingerprint density at radius 3 is 1.58 bits per heavy atom. The molecule has 0 rings (SSSR count). The molecule has 0 bridgehead atoms. The number of hydrogen-bond donors (Lipinski definition) is 0. The molecular formula is C7H6Br4O. The van der Waals surface area contributed by atoms with Crippen molar-refractivity contribution in [1.82, 2.24) is 0 Å². The molecule has 12 heavy (non-hydrogen) atoms. The average molecular weight is 426 g/mol. The molecule has 0 N–H and O–H groups in total. The smallest absolute Gasteiger partial charge is 0.167 e. The fourth-order valence-corrected chi connectivity index (χ4v) is 3.13. The lowest BCUT2D eigenvalue weighted by Crippen LogP contribution is -2.20. The first-order chi connectivity index (χ1) is 5.63. The van der Waals surface area contributed by atoms with Gasteiger partial charge in [-0.1, -0.05) is 75.9 Å². The first-order valence-electron chi connectivity index (χ1n) is 2.99. The lowest BCUT2D eigenvalue weighted by atomic mass is 10.2. The molecule has 0 aromatic heterocycles. The summed E-state index contributed by atoms with van der Waals surface area (Å²) in [6.07, 6.45) is 3.44. The molecule has 2 unspecified atom stereocenters. The third-order valence-corrected chi connectivity index (χ3v) is 3.15. The summed E-state index contributed by atoms with van der Waals surface area (Å²) in [5.74, 6) is 0.0569. The molecule has 0 aliphatic carbocycles. The Morgan fingerprint density at radius 1 is 1.00 bits per heavy atom. The van der Waals surface area contributed by atoms with Crippen molar-refractivity contribution in [2.75, 3.05) is 0 Å². The fraction of sp³-hybridized carbons (Fsp3) is 0.286. The van der Waals surface area contributed by atoms with Crippen LogP contribution in [0.4, 0.5) is 0 Å². The fourth-order valence-electron chi connectivity index (χ4n) is 0.470. The van der Waals surface area contributed by atoms with Crippen molar-refractivity contribution in [2.24, 2.45) is 0 Å². The number of ketones is 1. The molecule has 0 heterocycles. The normalized spacial score (nSPS) is 17.0. The van der Waals surface area contributed by atoms with E-state index in [1.165, 1.54) is 0 Å². The maximum absolute atomic E-state index is 11.4. The van der Waals surface area contributed by atoms with E-state index in [0.29, 0.717) is 0 Å². The number of carbonyl (C=O) groups is 1. The Labute approximate surface area is 105 Å². The number of carbonyl (C=O) groups excluding carboxylic acids is 1. The quantitative estimate of drug-likeness (QED) is 0.624. The van der Waals surface area contributed by atoms with Gasteiger partial charge in [-0.15, -0.1) is 0 Å². The molecule has 0 saturated carbocycles. The van der Waals surface area contributed by atoms with Crippen LogP contribution >= 0.6 is 63.7 Å². The van der Waals surface area contributed by atoms with E-state index in [4.69, 9.17) is 0 Å². The highest BCUT2D eigenvalue weighted by Gasteiger charge is 2.17. The summed E-state index contributed by atoms with van der Waals surface area (Å²) in [5.41, 5.74) is 0. The second-order valence-corrected chi connectivity index (χ2v) is 4.87. The Bertz CT molecular complexity index is 180. The van der Waals surface area contributed by atoms with E-state index >= 15 is 0 Å². The molecule has 2 atom stereocenters. The van der Waals surface area contributed by atoms with Gasteiger partial charge in [0.2, 0.25) is 0 Å². The van der Waals surface area contributed by atoms with Gasteiger partial charge in [-0.05, 0) is 9.97 Å². The van der Waals surface area contributed by atoms with Gasteiger partial charge in [-0.2, -0.15) is 0 Å². The Kier molecular flexibility index (Phi) is 8.14. The lowest BCUT2D eigenvalue weighted by molar-refractivity contribution is -0.116. The third-order valence-electron chi connectivity index (χ3n) is 1.03. The van der Waals surface area contributed by atoms with E-state index in [1.54, 1.807) is 22.1 Å². The topological polar surface area (TPSA) is 17.1 Å². The summed E-state index contributed by atoms with van der Waals surface area (Å²) in [6, 6.07) is 0. The molecular weight excluding hydrogens is 420 g/mol. The van der Waals surface area contributed by atoms with Crippen LogP contribution in [0.25, 0.3) is 0 Å². The van der Waals surface area contributed by atoms with Crippen LogP contribution in [0.15, 0.2) is 22.1 Å². The molecule has 0 aromatic rings. The number of Topliss-reactive ketones (excluding diaryl/α,β-unsaturated/α-hetero) is 1. The van der Waals surface area contributed by atoms with Crippen LogP contribution in [0.2, 0.25) is 0 Å². The summed E-state index contributed by atoms with van der Waals surface area (Å²) in [4.78, 5) is 14.2. The van der Waals surface area contributed by atoms with Crippen LogP contribution in [0.5, 0.6) is 0 Å². The van der Waals surface area contributed by atoms with Crippen LogP contribution in [0.3, 0.4) is 0 Å². The summed E-state index contributed by atoms with van der Waals surface area (Å²) >= 11 is 12.7. The summed E-state index contributed by atoms with van der Waals surface area (Å²) in [6.45, 7) is 0. The van der Waals surface area contributed by atoms with Crippen LogP contribution < -0.4 is 0 Å². The Balaban J connectivity index is 4.18. The monoisotopic (exact) mass is 422 g/mol. The van der Waals surface area contributed by atoms with E-state index in [-0.39, 0.29) is 15.4 Å². The number of rotatable bonds is 4. The van der Waals surface area contributed by atoms with E-state index in [0.717, 1.165) is 0 Å². The first kappa shape index (κ1) is 13.1. The summed E-state index contributed by atoms with van der Waals surface area (Å²) in [7, 11) is 0. The van der Waals surface area contributed by atoms with Crippen molar-refractivity contribution >= 4 is 69.5 Å². The molecule has 0 aliphatic rings. The minimum Gasteiger partial charge on any atom is -0.296 e. The van der Waals surface area contributed by atoms with Gasteiger partial charge >= 0.3 is 0 Å². The van der Waals surface area contributed by atoms with Gasteiger partial charge in [0.25, 0.3) is 0 Å². The largest absolute Gasteiger partial charge is 0.296 e. The van der Waals surface area contributed by atoms with Gasteiger partial charge in [0, 0.05) is 0 Å². The molecule has 0 radical (unpaired) electrons. The highest BCUT2D eigenvalue weighted by molar-refractivity contribution is 9.11. The van der Waals surface area contributed by atoms with E-state index in [2.05, 4.69) is 63.7 Å². The van der Waals surface area contributed by atoms with E-state index < -0.39 is 0 Å². The van der Waals surface area contributed by atoms with Gasteiger partial charge < -0.3 is 0 Å². The zero-order valence-electron chi connectivity index (χ0n) is 5.88. The SMILES string of the molecule is O=C(C(Br)C=CBr)C(Br)C=CBr. The van der Waals surface area contributed by atoms with Gasteiger partial charge in [-0.3, -0.25) is 4.79 Å². The van der Waals surface area contributed by atoms with E-state index in [9.17, 15) is 4.79 Å². The van der Waals surface area contributed by atoms with Crippen LogP contribution in [-0.4, -0.2) is 15.4 Å². The van der Waals surface area contributed by atoms with Crippen molar-refractivity contribution in [1.29, 1.82) is 0 Å². The third kappa shape index (κ3) is 4.94. The van der Waals surface area contributed by atoms with Crippen molar-refractivity contribution in [3.63, 3.8) is 0 Å². The van der Waals surface area contributed by atoms with E-state index in [1.807, 2.05) is 0 Å². The Hall–Kier alpha value is 1.07. The minimum atomic E-state index is -0.259. The number of alkyl halides is 2. The first-order valence-corrected chi connectivity index (χ1v) is 6.65. The molecule has 5 heteroatoms. The number of hydrogen-bond acceptors (Lipinski definition) is 1. The van der Waals surface area contributed by atoms with Crippen LogP contribution in [-0.2, 0) is 4.79 Å². The molecule has 0 aromatic carbocycles. The maximum atomic E-state index is 11.4. The van der Waals surface area contributed by atoms with Crippen molar-refractivity contribution < 1.29 is 4.79 Å². The average Bonchev–Trinajstić information content (AvgIpc) is 2.04. The molecule has 0 spiro atoms. The Morgan fingerprint density at radius 2 is 1.33 bits per heavy atom. The lowest BCUT2D eigenvalue weighted by Gasteiger charge is -2.05. The highest BCUT2D eigenvalue weighted by Crippen LogP contribution is 2.14. The van der Waals surface area contributed by atoms with Crippen molar-refractivity contribution in [3.05, 3.63) is 22.1 Å². The second kappa shape index (κ2) is 7.47. The zero-order valence-corrected chi connectivity index (χ0v) is 12.2. The maximum Gasteiger partial charge on any atom is 0.167 e. The predicted molar refractivity (Wildman–Crippen MR) is 66.6 cm³/mol. The van der Waals surface area contributed by atoms with Crippen molar-refractivity contribution in [2.45, 2.75) is 9.65 Å². The molecule has 0 saturated heterocycles. The zero-order chi connectivity index (χ0) is 9.56. The van der Waals surface area contributed by atoms with Crippen molar-refractivity contribution in [3.8, 4) is 0 Å². The number of allylic oxidation sites excluding steroid dienone is 2. The predicted octanol–water partition coefficient (Wildman–Crippen LogP) is 3.90. The second-order valence-electron chi connectivity index (χ2n) is 1.84. The molecule has 0 amide bonds. The molecule has 68 valence electrons.